The van der Waals surface area contributed by atoms with Crippen molar-refractivity contribution in [3.8, 4) is 11.5 Å². The molecule has 0 aromatic heterocycles. The molecular weight excluding hydrogens is 262 g/mol. The molecule has 0 spiro atoms. The number of para-hydroxylation sites is 1. The Kier molecular flexibility index (Phi) is 5.09. The van der Waals surface area contributed by atoms with Gasteiger partial charge in [0.05, 0.1) is 12.1 Å². The molecule has 112 valence electrons. The van der Waals surface area contributed by atoms with Crippen molar-refractivity contribution in [2.24, 2.45) is 0 Å². The Morgan fingerprint density at radius 2 is 1.71 bits per heavy atom. The molecule has 0 saturated carbocycles. The molecule has 0 amide bonds. The number of hydrogen-bond acceptors (Lipinski definition) is 3. The molecule has 3 nitrogen and oxygen atoms in total. The van der Waals surface area contributed by atoms with Crippen LogP contribution in [-0.2, 0) is 0 Å². The number of phenolic OH excluding ortho intramolecular Hbond substituents is 1. The van der Waals surface area contributed by atoms with Crippen LogP contribution in [0.2, 0.25) is 0 Å². The number of ether oxygens (including phenoxy) is 1. The predicted octanol–water partition coefficient (Wildman–Crippen LogP) is 4.74. The number of aromatic hydroxyl groups is 1. The molecule has 2 rings (SSSR count). The van der Waals surface area contributed by atoms with Crippen LogP contribution in [0.1, 0.15) is 38.8 Å². The van der Waals surface area contributed by atoms with E-state index in [2.05, 4.69) is 12.2 Å². The summed E-state index contributed by atoms with van der Waals surface area (Å²) < 4.78 is 5.64. The molecule has 0 fully saturated rings. The minimum absolute atomic E-state index is 0.0862. The molecule has 0 radical (unpaired) electrons. The van der Waals surface area contributed by atoms with Gasteiger partial charge in [0.25, 0.3) is 0 Å². The number of phenols is 1. The van der Waals surface area contributed by atoms with E-state index < -0.39 is 0 Å². The van der Waals surface area contributed by atoms with E-state index in [4.69, 9.17) is 4.74 Å². The summed E-state index contributed by atoms with van der Waals surface area (Å²) in [6.07, 6.45) is 1.07. The van der Waals surface area contributed by atoms with Crippen LogP contribution in [0.5, 0.6) is 11.5 Å². The Morgan fingerprint density at radius 3 is 2.29 bits per heavy atom. The van der Waals surface area contributed by atoms with Gasteiger partial charge in [0.2, 0.25) is 0 Å². The minimum atomic E-state index is 0.0862. The fourth-order valence-electron chi connectivity index (χ4n) is 2.28. The highest BCUT2D eigenvalue weighted by molar-refractivity contribution is 5.49. The monoisotopic (exact) mass is 285 g/mol. The highest BCUT2D eigenvalue weighted by Gasteiger charge is 2.12. The van der Waals surface area contributed by atoms with E-state index in [0.717, 1.165) is 23.4 Å². The topological polar surface area (TPSA) is 41.5 Å². The number of rotatable bonds is 6. The zero-order valence-corrected chi connectivity index (χ0v) is 12.8. The van der Waals surface area contributed by atoms with Crippen LogP contribution in [0.4, 0.5) is 5.69 Å². The van der Waals surface area contributed by atoms with E-state index >= 15 is 0 Å². The lowest BCUT2D eigenvalue weighted by Gasteiger charge is -2.20. The van der Waals surface area contributed by atoms with Crippen LogP contribution in [0.3, 0.4) is 0 Å². The molecule has 2 N–H and O–H groups in total. The first-order valence-electron chi connectivity index (χ1n) is 7.41. The van der Waals surface area contributed by atoms with E-state index in [1.807, 2.05) is 56.3 Å². The standard InChI is InChI=1S/C18H23NO2/c1-4-17(16-7-5-6-8-18(16)20)19-14-9-11-15(12-10-14)21-13(2)3/h5-13,17,19-20H,4H2,1-3H3. The van der Waals surface area contributed by atoms with Crippen LogP contribution >= 0.6 is 0 Å². The SMILES string of the molecule is CCC(Nc1ccc(OC(C)C)cc1)c1ccccc1O. The van der Waals surface area contributed by atoms with Gasteiger partial charge in [-0.25, -0.2) is 0 Å². The third-order valence-corrected chi connectivity index (χ3v) is 3.29. The second kappa shape index (κ2) is 7.02. The largest absolute Gasteiger partial charge is 0.508 e. The Morgan fingerprint density at radius 1 is 1.05 bits per heavy atom. The Balaban J connectivity index is 2.10. The minimum Gasteiger partial charge on any atom is -0.508 e. The zero-order valence-electron chi connectivity index (χ0n) is 12.8. The molecule has 3 heteroatoms. The molecule has 0 saturated heterocycles. The van der Waals surface area contributed by atoms with Crippen molar-refractivity contribution in [1.29, 1.82) is 0 Å². The highest BCUT2D eigenvalue weighted by atomic mass is 16.5. The van der Waals surface area contributed by atoms with Gasteiger partial charge in [0.1, 0.15) is 11.5 Å². The lowest BCUT2D eigenvalue weighted by Crippen LogP contribution is -2.10. The summed E-state index contributed by atoms with van der Waals surface area (Å²) in [6.45, 7) is 6.12. The van der Waals surface area contributed by atoms with Gasteiger partial charge in [-0.15, -0.1) is 0 Å². The fraction of sp³-hybridized carbons (Fsp3) is 0.333. The first kappa shape index (κ1) is 15.2. The molecule has 0 heterocycles. The Labute approximate surface area is 126 Å². The van der Waals surface area contributed by atoms with Crippen molar-refractivity contribution < 1.29 is 9.84 Å². The second-order valence-corrected chi connectivity index (χ2v) is 5.35. The van der Waals surface area contributed by atoms with Crippen LogP contribution in [0.15, 0.2) is 48.5 Å². The van der Waals surface area contributed by atoms with Crippen LogP contribution in [0, 0.1) is 0 Å². The molecular formula is C18H23NO2. The summed E-state index contributed by atoms with van der Waals surface area (Å²) in [6, 6.07) is 15.5. The Bertz CT molecular complexity index is 564. The Hall–Kier alpha value is -2.16. The quantitative estimate of drug-likeness (QED) is 0.805. The van der Waals surface area contributed by atoms with Gasteiger partial charge >= 0.3 is 0 Å². The average Bonchev–Trinajstić information content (AvgIpc) is 2.47. The summed E-state index contributed by atoms with van der Waals surface area (Å²) in [5, 5.41) is 13.4. The molecule has 1 unspecified atom stereocenters. The summed E-state index contributed by atoms with van der Waals surface area (Å²) in [5.41, 5.74) is 1.93. The first-order chi connectivity index (χ1) is 10.1. The summed E-state index contributed by atoms with van der Waals surface area (Å²) in [4.78, 5) is 0. The molecule has 21 heavy (non-hydrogen) atoms. The smallest absolute Gasteiger partial charge is 0.120 e. The van der Waals surface area contributed by atoms with Crippen molar-refractivity contribution in [2.45, 2.75) is 39.3 Å². The second-order valence-electron chi connectivity index (χ2n) is 5.35. The van der Waals surface area contributed by atoms with Crippen molar-refractivity contribution in [3.63, 3.8) is 0 Å². The van der Waals surface area contributed by atoms with Gasteiger partial charge in [-0.05, 0) is 50.6 Å². The molecule has 2 aromatic rings. The van der Waals surface area contributed by atoms with Crippen molar-refractivity contribution in [3.05, 3.63) is 54.1 Å². The average molecular weight is 285 g/mol. The first-order valence-corrected chi connectivity index (χ1v) is 7.41. The number of benzene rings is 2. The molecule has 0 aliphatic heterocycles. The number of hydrogen-bond donors (Lipinski definition) is 2. The van der Waals surface area contributed by atoms with Gasteiger partial charge < -0.3 is 15.2 Å². The van der Waals surface area contributed by atoms with Gasteiger partial charge in [-0.1, -0.05) is 25.1 Å². The van der Waals surface area contributed by atoms with Crippen molar-refractivity contribution in [1.82, 2.24) is 0 Å². The summed E-state index contributed by atoms with van der Waals surface area (Å²) in [7, 11) is 0. The van der Waals surface area contributed by atoms with E-state index in [0.29, 0.717) is 5.75 Å². The maximum Gasteiger partial charge on any atom is 0.120 e. The summed E-state index contributed by atoms with van der Waals surface area (Å²) in [5.74, 6) is 1.20. The maximum atomic E-state index is 9.97. The van der Waals surface area contributed by atoms with E-state index in [9.17, 15) is 5.11 Å². The molecule has 0 bridgehead atoms. The van der Waals surface area contributed by atoms with Crippen LogP contribution in [0.25, 0.3) is 0 Å². The normalized spacial score (nSPS) is 12.2. The number of anilines is 1. The number of nitrogens with one attached hydrogen (secondary N) is 1. The van der Waals surface area contributed by atoms with Crippen LogP contribution < -0.4 is 10.1 Å². The van der Waals surface area contributed by atoms with Crippen molar-refractivity contribution in [2.75, 3.05) is 5.32 Å². The maximum absolute atomic E-state index is 9.97. The molecule has 2 aromatic carbocycles. The van der Waals surface area contributed by atoms with Crippen LogP contribution in [-0.4, -0.2) is 11.2 Å². The van der Waals surface area contributed by atoms with Crippen molar-refractivity contribution >= 4 is 5.69 Å². The predicted molar refractivity (Wildman–Crippen MR) is 87.0 cm³/mol. The lowest BCUT2D eigenvalue weighted by molar-refractivity contribution is 0.242. The molecule has 1 atom stereocenters. The fourth-order valence-corrected chi connectivity index (χ4v) is 2.28. The van der Waals surface area contributed by atoms with Gasteiger partial charge in [-0.3, -0.25) is 0 Å². The zero-order chi connectivity index (χ0) is 15.2. The summed E-state index contributed by atoms with van der Waals surface area (Å²) >= 11 is 0. The lowest BCUT2D eigenvalue weighted by atomic mass is 10.0. The van der Waals surface area contributed by atoms with Gasteiger partial charge in [0.15, 0.2) is 0 Å². The molecule has 0 aliphatic rings. The van der Waals surface area contributed by atoms with Gasteiger partial charge in [0, 0.05) is 11.3 Å². The molecule has 0 aliphatic carbocycles. The van der Waals surface area contributed by atoms with E-state index in [1.165, 1.54) is 0 Å². The van der Waals surface area contributed by atoms with E-state index in [1.54, 1.807) is 6.07 Å². The van der Waals surface area contributed by atoms with Gasteiger partial charge in [-0.2, -0.15) is 0 Å². The third kappa shape index (κ3) is 4.15. The highest BCUT2D eigenvalue weighted by Crippen LogP contribution is 2.29. The van der Waals surface area contributed by atoms with E-state index in [-0.39, 0.29) is 12.1 Å². The third-order valence-electron chi connectivity index (χ3n) is 3.29.